The summed E-state index contributed by atoms with van der Waals surface area (Å²) in [6.07, 6.45) is 3.91. The number of aromatic nitrogens is 1. The summed E-state index contributed by atoms with van der Waals surface area (Å²) in [5, 5.41) is 3.34. The monoisotopic (exact) mass is 277 g/mol. The van der Waals surface area contributed by atoms with Gasteiger partial charge >= 0.3 is 0 Å². The predicted molar refractivity (Wildman–Crippen MR) is 72.1 cm³/mol. The molecule has 1 aliphatic rings. The summed E-state index contributed by atoms with van der Waals surface area (Å²) in [7, 11) is 0. The minimum atomic E-state index is -0.421. The Morgan fingerprint density at radius 2 is 2.18 bits per heavy atom. The van der Waals surface area contributed by atoms with Gasteiger partial charge in [0.15, 0.2) is 0 Å². The molecule has 1 saturated heterocycles. The van der Waals surface area contributed by atoms with Crippen molar-refractivity contribution in [1.29, 1.82) is 0 Å². The highest BCUT2D eigenvalue weighted by Gasteiger charge is 2.16. The van der Waals surface area contributed by atoms with Crippen molar-refractivity contribution in [3.8, 4) is 0 Å². The van der Waals surface area contributed by atoms with E-state index in [9.17, 15) is 4.79 Å². The first-order valence-corrected chi connectivity index (χ1v) is 5.24. The molecule has 1 atom stereocenters. The van der Waals surface area contributed by atoms with Gasteiger partial charge in [0.25, 0.3) is 0 Å². The van der Waals surface area contributed by atoms with Crippen LogP contribution < -0.4 is 11.1 Å². The summed E-state index contributed by atoms with van der Waals surface area (Å²) in [6, 6.07) is 3.65. The minimum absolute atomic E-state index is 0. The van der Waals surface area contributed by atoms with Crippen molar-refractivity contribution in [2.75, 3.05) is 13.1 Å². The highest BCUT2D eigenvalue weighted by atomic mass is 35.5. The lowest BCUT2D eigenvalue weighted by atomic mass is 9.95. The fraction of sp³-hybridized carbons (Fsp3) is 0.455. The molecule has 0 radical (unpaired) electrons. The molecule has 2 rings (SSSR count). The van der Waals surface area contributed by atoms with Crippen LogP contribution in [0.25, 0.3) is 0 Å². The first-order chi connectivity index (χ1) is 7.27. The standard InChI is InChI=1S/C11H15N3O.2ClH/c12-11(15)9-3-4-10(14-7-9)8-2-1-5-13-6-8;;/h3-4,7-8,13H,1-2,5-6H2,(H2,12,15);2*1H. The molecular formula is C11H17Cl2N3O. The van der Waals surface area contributed by atoms with Crippen molar-refractivity contribution in [2.45, 2.75) is 18.8 Å². The number of pyridine rings is 1. The molecule has 0 aromatic carbocycles. The smallest absolute Gasteiger partial charge is 0.250 e. The topological polar surface area (TPSA) is 68.0 Å². The van der Waals surface area contributed by atoms with E-state index in [1.165, 1.54) is 6.42 Å². The maximum Gasteiger partial charge on any atom is 0.250 e. The number of carbonyl (C=O) groups is 1. The second-order valence-electron chi connectivity index (χ2n) is 3.88. The molecule has 1 aromatic heterocycles. The minimum Gasteiger partial charge on any atom is -0.366 e. The second-order valence-corrected chi connectivity index (χ2v) is 3.88. The number of amides is 1. The van der Waals surface area contributed by atoms with Crippen molar-refractivity contribution in [3.05, 3.63) is 29.6 Å². The van der Waals surface area contributed by atoms with Gasteiger partial charge in [0, 0.05) is 24.4 Å². The highest BCUT2D eigenvalue weighted by Crippen LogP contribution is 2.21. The Kier molecular flexibility index (Phi) is 7.11. The summed E-state index contributed by atoms with van der Waals surface area (Å²) in [5.74, 6) is 0.0523. The number of hydrogen-bond donors (Lipinski definition) is 2. The van der Waals surface area contributed by atoms with Crippen LogP contribution >= 0.6 is 24.8 Å². The van der Waals surface area contributed by atoms with Crippen molar-refractivity contribution < 1.29 is 4.79 Å². The molecule has 0 saturated carbocycles. The number of rotatable bonds is 2. The zero-order valence-electron chi connectivity index (χ0n) is 9.39. The van der Waals surface area contributed by atoms with E-state index in [2.05, 4.69) is 10.3 Å². The third-order valence-electron chi connectivity index (χ3n) is 2.79. The number of nitrogens with one attached hydrogen (secondary N) is 1. The van der Waals surface area contributed by atoms with Crippen LogP contribution in [-0.4, -0.2) is 24.0 Å². The molecule has 17 heavy (non-hydrogen) atoms. The molecule has 1 unspecified atom stereocenters. The fourth-order valence-electron chi connectivity index (χ4n) is 1.90. The summed E-state index contributed by atoms with van der Waals surface area (Å²) in [4.78, 5) is 15.1. The first-order valence-electron chi connectivity index (χ1n) is 5.24. The van der Waals surface area contributed by atoms with Crippen molar-refractivity contribution >= 4 is 30.7 Å². The molecule has 4 nitrogen and oxygen atoms in total. The van der Waals surface area contributed by atoms with Gasteiger partial charge in [0.2, 0.25) is 5.91 Å². The van der Waals surface area contributed by atoms with Gasteiger partial charge < -0.3 is 11.1 Å². The number of hydrogen-bond acceptors (Lipinski definition) is 3. The van der Waals surface area contributed by atoms with Gasteiger partial charge in [-0.1, -0.05) is 0 Å². The Morgan fingerprint density at radius 1 is 1.41 bits per heavy atom. The molecule has 1 aliphatic heterocycles. The lowest BCUT2D eigenvalue weighted by Gasteiger charge is -2.22. The Bertz CT molecular complexity index is 350. The fourth-order valence-corrected chi connectivity index (χ4v) is 1.90. The first kappa shape index (κ1) is 16.2. The van der Waals surface area contributed by atoms with Crippen molar-refractivity contribution in [3.63, 3.8) is 0 Å². The largest absolute Gasteiger partial charge is 0.366 e. The van der Waals surface area contributed by atoms with Gasteiger partial charge in [-0.15, -0.1) is 24.8 Å². The lowest BCUT2D eigenvalue weighted by molar-refractivity contribution is 0.1000. The van der Waals surface area contributed by atoms with E-state index in [1.54, 1.807) is 12.3 Å². The molecule has 3 N–H and O–H groups in total. The Balaban J connectivity index is 0.00000128. The van der Waals surface area contributed by atoms with E-state index in [0.29, 0.717) is 11.5 Å². The van der Waals surface area contributed by atoms with Crippen LogP contribution in [0.1, 0.15) is 34.8 Å². The van der Waals surface area contributed by atoms with Crippen LogP contribution in [0, 0.1) is 0 Å². The van der Waals surface area contributed by atoms with Gasteiger partial charge in [-0.2, -0.15) is 0 Å². The second kappa shape index (κ2) is 7.48. The Morgan fingerprint density at radius 3 is 2.65 bits per heavy atom. The summed E-state index contributed by atoms with van der Waals surface area (Å²) >= 11 is 0. The van der Waals surface area contributed by atoms with E-state index in [-0.39, 0.29) is 24.8 Å². The number of halogens is 2. The zero-order chi connectivity index (χ0) is 10.7. The zero-order valence-corrected chi connectivity index (χ0v) is 11.0. The number of primary amides is 1. The van der Waals surface area contributed by atoms with Crippen LogP contribution in [0.2, 0.25) is 0 Å². The van der Waals surface area contributed by atoms with Crippen LogP contribution in [0.5, 0.6) is 0 Å². The van der Waals surface area contributed by atoms with E-state index >= 15 is 0 Å². The van der Waals surface area contributed by atoms with Gasteiger partial charge in [-0.05, 0) is 31.5 Å². The SMILES string of the molecule is Cl.Cl.NC(=O)c1ccc(C2CCCNC2)nc1. The van der Waals surface area contributed by atoms with Gasteiger partial charge in [0.05, 0.1) is 5.56 Å². The number of nitrogens with zero attached hydrogens (tertiary/aromatic N) is 1. The van der Waals surface area contributed by atoms with Gasteiger partial charge in [0.1, 0.15) is 0 Å². The van der Waals surface area contributed by atoms with E-state index in [4.69, 9.17) is 5.73 Å². The van der Waals surface area contributed by atoms with Gasteiger partial charge in [-0.25, -0.2) is 0 Å². The molecule has 0 aliphatic carbocycles. The average molecular weight is 278 g/mol. The summed E-state index contributed by atoms with van der Waals surface area (Å²) in [5.41, 5.74) is 6.67. The third-order valence-corrected chi connectivity index (χ3v) is 2.79. The normalized spacial score (nSPS) is 18.7. The van der Waals surface area contributed by atoms with E-state index in [1.807, 2.05) is 6.07 Å². The Labute approximate surface area is 113 Å². The quantitative estimate of drug-likeness (QED) is 0.861. The molecule has 2 heterocycles. The maximum atomic E-state index is 10.9. The lowest BCUT2D eigenvalue weighted by Crippen LogP contribution is -2.28. The predicted octanol–water partition coefficient (Wildman–Crippen LogP) is 1.49. The summed E-state index contributed by atoms with van der Waals surface area (Å²) in [6.45, 7) is 2.07. The molecule has 6 heteroatoms. The van der Waals surface area contributed by atoms with Gasteiger partial charge in [-0.3, -0.25) is 9.78 Å². The molecule has 96 valence electrons. The molecular weight excluding hydrogens is 261 g/mol. The molecule has 1 aromatic rings. The van der Waals surface area contributed by atoms with Crippen molar-refractivity contribution in [1.82, 2.24) is 10.3 Å². The molecule has 1 amide bonds. The van der Waals surface area contributed by atoms with Crippen LogP contribution in [-0.2, 0) is 0 Å². The third kappa shape index (κ3) is 4.15. The van der Waals surface area contributed by atoms with E-state index < -0.39 is 5.91 Å². The summed E-state index contributed by atoms with van der Waals surface area (Å²) < 4.78 is 0. The van der Waals surface area contributed by atoms with Crippen molar-refractivity contribution in [2.24, 2.45) is 5.73 Å². The molecule has 0 bridgehead atoms. The Hall–Kier alpha value is -0.840. The number of carbonyl (C=O) groups excluding carboxylic acids is 1. The van der Waals surface area contributed by atoms with E-state index in [0.717, 1.165) is 25.2 Å². The maximum absolute atomic E-state index is 10.9. The van der Waals surface area contributed by atoms with Crippen LogP contribution in [0.3, 0.4) is 0 Å². The van der Waals surface area contributed by atoms with Crippen LogP contribution in [0.4, 0.5) is 0 Å². The average Bonchev–Trinajstić information content (AvgIpc) is 2.30. The van der Waals surface area contributed by atoms with Crippen LogP contribution in [0.15, 0.2) is 18.3 Å². The number of nitrogens with two attached hydrogens (primary N) is 1. The highest BCUT2D eigenvalue weighted by molar-refractivity contribution is 5.92. The molecule has 0 spiro atoms. The number of piperidine rings is 1. The molecule has 1 fully saturated rings.